The summed E-state index contributed by atoms with van der Waals surface area (Å²) < 4.78 is 0. The second kappa shape index (κ2) is 17.0. The van der Waals surface area contributed by atoms with Crippen molar-refractivity contribution in [3.63, 3.8) is 0 Å². The quantitative estimate of drug-likeness (QED) is 0.462. The first-order chi connectivity index (χ1) is 12.2. The van der Waals surface area contributed by atoms with Crippen LogP contribution in [0.1, 0.15) is 104 Å². The van der Waals surface area contributed by atoms with Gasteiger partial charge in [-0.25, -0.2) is 9.59 Å². The van der Waals surface area contributed by atoms with Gasteiger partial charge in [0, 0.05) is 0 Å². The molecule has 0 aromatic rings. The van der Waals surface area contributed by atoms with E-state index in [4.69, 9.17) is 9.59 Å². The minimum absolute atomic E-state index is 0.753. The van der Waals surface area contributed by atoms with Crippen molar-refractivity contribution in [2.45, 2.75) is 104 Å². The van der Waals surface area contributed by atoms with Gasteiger partial charge in [0.1, 0.15) is 0 Å². The number of nitrogens with two attached hydrogens (primary N) is 4. The molecule has 1 unspecified atom stereocenters. The first-order valence-electron chi connectivity index (χ1n) is 10.3. The molecular formula is C20H44N4O2. The molecule has 6 heteroatoms. The Labute approximate surface area is 160 Å². The van der Waals surface area contributed by atoms with Gasteiger partial charge in [0.05, 0.1) is 0 Å². The molecule has 0 aliphatic heterocycles. The van der Waals surface area contributed by atoms with E-state index in [2.05, 4.69) is 43.7 Å². The van der Waals surface area contributed by atoms with Crippen LogP contribution in [0.2, 0.25) is 0 Å². The predicted molar refractivity (Wildman–Crippen MR) is 111 cm³/mol. The van der Waals surface area contributed by atoms with Crippen molar-refractivity contribution in [3.05, 3.63) is 0 Å². The number of amides is 4. The largest absolute Gasteiger partial charge is 0.352 e. The average Bonchev–Trinajstić information content (AvgIpc) is 2.56. The van der Waals surface area contributed by atoms with Gasteiger partial charge in [-0.05, 0) is 37.0 Å². The average molecular weight is 373 g/mol. The molecule has 0 heterocycles. The number of primary amides is 4. The molecule has 6 nitrogen and oxygen atoms in total. The molecule has 26 heavy (non-hydrogen) atoms. The maximum absolute atomic E-state index is 9.00. The lowest BCUT2D eigenvalue weighted by molar-refractivity contribution is 0.102. The fourth-order valence-electron chi connectivity index (χ4n) is 4.00. The number of urea groups is 2. The number of rotatable bonds is 9. The number of carbonyl (C=O) groups excluding carboxylic acids is 2. The zero-order chi connectivity index (χ0) is 20.4. The smallest absolute Gasteiger partial charge is 0.309 e. The van der Waals surface area contributed by atoms with E-state index in [1.165, 1.54) is 77.0 Å². The Morgan fingerprint density at radius 1 is 0.846 bits per heavy atom. The lowest BCUT2D eigenvalue weighted by Gasteiger charge is -2.42. The molecule has 0 aromatic heterocycles. The van der Waals surface area contributed by atoms with Crippen LogP contribution in [0.3, 0.4) is 0 Å². The Morgan fingerprint density at radius 3 is 1.65 bits per heavy atom. The number of unbranched alkanes of at least 4 members (excludes halogenated alkanes) is 3. The van der Waals surface area contributed by atoms with Crippen molar-refractivity contribution in [3.8, 4) is 0 Å². The summed E-state index contributed by atoms with van der Waals surface area (Å²) in [5, 5.41) is 0. The molecule has 1 rings (SSSR count). The summed E-state index contributed by atoms with van der Waals surface area (Å²) in [5.74, 6) is 1.06. The van der Waals surface area contributed by atoms with E-state index in [0.717, 1.165) is 11.3 Å². The molecule has 4 amide bonds. The van der Waals surface area contributed by atoms with Crippen LogP contribution in [0.4, 0.5) is 9.59 Å². The van der Waals surface area contributed by atoms with Gasteiger partial charge in [0.2, 0.25) is 0 Å². The van der Waals surface area contributed by atoms with E-state index < -0.39 is 12.1 Å². The van der Waals surface area contributed by atoms with Gasteiger partial charge >= 0.3 is 12.1 Å². The summed E-state index contributed by atoms with van der Waals surface area (Å²) in [6, 6.07) is -1.67. The van der Waals surface area contributed by atoms with Crippen molar-refractivity contribution < 1.29 is 9.59 Å². The summed E-state index contributed by atoms with van der Waals surface area (Å²) >= 11 is 0. The van der Waals surface area contributed by atoms with Crippen molar-refractivity contribution in [1.82, 2.24) is 0 Å². The van der Waals surface area contributed by atoms with Gasteiger partial charge in [-0.1, -0.05) is 78.6 Å². The summed E-state index contributed by atoms with van der Waals surface area (Å²) in [6.45, 7) is 7.04. The molecule has 1 atom stereocenters. The van der Waals surface area contributed by atoms with Crippen LogP contribution in [0.15, 0.2) is 0 Å². The van der Waals surface area contributed by atoms with Gasteiger partial charge in [0.15, 0.2) is 0 Å². The molecule has 1 aliphatic rings. The van der Waals surface area contributed by atoms with Gasteiger partial charge in [-0.15, -0.1) is 0 Å². The highest BCUT2D eigenvalue weighted by molar-refractivity contribution is 5.69. The number of hydrogen-bond acceptors (Lipinski definition) is 2. The van der Waals surface area contributed by atoms with Gasteiger partial charge in [0.25, 0.3) is 0 Å². The van der Waals surface area contributed by atoms with Crippen LogP contribution in [-0.2, 0) is 0 Å². The van der Waals surface area contributed by atoms with Gasteiger partial charge < -0.3 is 22.9 Å². The Kier molecular flexibility index (Phi) is 17.5. The molecule has 0 bridgehead atoms. The molecule has 0 saturated heterocycles. The Morgan fingerprint density at radius 2 is 1.27 bits per heavy atom. The van der Waals surface area contributed by atoms with E-state index in [0.29, 0.717) is 0 Å². The molecule has 0 radical (unpaired) electrons. The molecule has 0 spiro atoms. The fourth-order valence-corrected chi connectivity index (χ4v) is 4.00. The van der Waals surface area contributed by atoms with E-state index >= 15 is 0 Å². The minimum atomic E-state index is -0.833. The molecule has 1 saturated carbocycles. The Balaban J connectivity index is 0. The van der Waals surface area contributed by atoms with Crippen LogP contribution in [0, 0.1) is 11.3 Å². The van der Waals surface area contributed by atoms with Crippen molar-refractivity contribution in [1.29, 1.82) is 0 Å². The second-order valence-corrected chi connectivity index (χ2v) is 7.62. The molecule has 0 aromatic carbocycles. The van der Waals surface area contributed by atoms with Gasteiger partial charge in [-0.2, -0.15) is 0 Å². The van der Waals surface area contributed by atoms with E-state index in [1.807, 2.05) is 0 Å². The second-order valence-electron chi connectivity index (χ2n) is 7.62. The molecule has 8 N–H and O–H groups in total. The topological polar surface area (TPSA) is 138 Å². The van der Waals surface area contributed by atoms with Crippen molar-refractivity contribution in [2.75, 3.05) is 0 Å². The Bertz CT molecular complexity index is 334. The van der Waals surface area contributed by atoms with Crippen molar-refractivity contribution in [2.24, 2.45) is 34.3 Å². The van der Waals surface area contributed by atoms with Crippen LogP contribution >= 0.6 is 0 Å². The monoisotopic (exact) mass is 372 g/mol. The lowest BCUT2D eigenvalue weighted by atomic mass is 9.64. The van der Waals surface area contributed by atoms with E-state index in [9.17, 15) is 0 Å². The molecule has 156 valence electrons. The van der Waals surface area contributed by atoms with Crippen LogP contribution in [0.5, 0.6) is 0 Å². The normalized spacial score (nSPS) is 17.9. The molecule has 1 fully saturated rings. The highest BCUT2D eigenvalue weighted by atomic mass is 16.2. The third kappa shape index (κ3) is 17.4. The molecular weight excluding hydrogens is 328 g/mol. The minimum Gasteiger partial charge on any atom is -0.352 e. The number of carbonyl (C=O) groups is 2. The van der Waals surface area contributed by atoms with Crippen LogP contribution in [0.25, 0.3) is 0 Å². The highest BCUT2D eigenvalue weighted by Crippen LogP contribution is 2.47. The highest BCUT2D eigenvalue weighted by Gasteiger charge is 2.34. The zero-order valence-electron chi connectivity index (χ0n) is 17.4. The third-order valence-electron chi connectivity index (χ3n) is 5.13. The van der Waals surface area contributed by atoms with Gasteiger partial charge in [-0.3, -0.25) is 0 Å². The Hall–Kier alpha value is -1.46. The predicted octanol–water partition coefficient (Wildman–Crippen LogP) is 4.78. The lowest BCUT2D eigenvalue weighted by Crippen LogP contribution is -2.29. The first kappa shape index (κ1) is 26.8. The summed E-state index contributed by atoms with van der Waals surface area (Å²) in [7, 11) is 0. The third-order valence-corrected chi connectivity index (χ3v) is 5.13. The van der Waals surface area contributed by atoms with E-state index in [-0.39, 0.29) is 0 Å². The summed E-state index contributed by atoms with van der Waals surface area (Å²) in [5.41, 5.74) is 17.8. The summed E-state index contributed by atoms with van der Waals surface area (Å²) in [4.78, 5) is 18.0. The molecule has 1 aliphatic carbocycles. The maximum atomic E-state index is 9.00. The SMILES string of the molecule is CCCCC1CCCC(CCCC)(CCCC)C1.NC(N)=O.NC(N)=O. The standard InChI is InChI=1S/C18H36.2CH4N2O/c1-4-7-11-17-12-10-15-18(16-17,13-8-5-2)14-9-6-3;2*2-1(3)4/h17H,4-16H2,1-3H3;2*(H4,2,3,4). The first-order valence-corrected chi connectivity index (χ1v) is 10.3. The summed E-state index contributed by atoms with van der Waals surface area (Å²) in [6.07, 6.45) is 19.2. The zero-order valence-corrected chi connectivity index (χ0v) is 17.4. The van der Waals surface area contributed by atoms with Crippen LogP contribution in [-0.4, -0.2) is 12.1 Å². The number of hydrogen-bond donors (Lipinski definition) is 4. The van der Waals surface area contributed by atoms with Crippen LogP contribution < -0.4 is 22.9 Å². The van der Waals surface area contributed by atoms with Crippen molar-refractivity contribution >= 4 is 12.1 Å². The van der Waals surface area contributed by atoms with E-state index in [1.54, 1.807) is 6.42 Å². The maximum Gasteiger partial charge on any atom is 0.309 e. The fraction of sp³-hybridized carbons (Fsp3) is 0.900.